The van der Waals surface area contributed by atoms with Crippen molar-refractivity contribution in [2.75, 3.05) is 0 Å². The van der Waals surface area contributed by atoms with E-state index in [1.807, 2.05) is 36.4 Å². The molecule has 0 heterocycles. The molecule has 3 rings (SSSR count). The highest BCUT2D eigenvalue weighted by molar-refractivity contribution is 5.70. The standard InChI is InChI=1S/C18H18O3/c19-18(20)11-13-4-1-5-14(10-13)12-21-17-9-3-7-15-6-2-8-16(15)17/h1,3-5,7,9-10H,2,6,8,11-12H2,(H,19,20). The minimum Gasteiger partial charge on any atom is -0.489 e. The summed E-state index contributed by atoms with van der Waals surface area (Å²) >= 11 is 0. The maximum absolute atomic E-state index is 10.8. The fraction of sp³-hybridized carbons (Fsp3) is 0.278. The molecule has 0 atom stereocenters. The lowest BCUT2D eigenvalue weighted by molar-refractivity contribution is -0.136. The number of carboxylic acids is 1. The van der Waals surface area contributed by atoms with Gasteiger partial charge in [0.1, 0.15) is 12.4 Å². The first-order chi connectivity index (χ1) is 10.2. The Morgan fingerprint density at radius 1 is 1.10 bits per heavy atom. The first-order valence-electron chi connectivity index (χ1n) is 7.25. The van der Waals surface area contributed by atoms with E-state index in [2.05, 4.69) is 6.07 Å². The van der Waals surface area contributed by atoms with Gasteiger partial charge in [-0.2, -0.15) is 0 Å². The summed E-state index contributed by atoms with van der Waals surface area (Å²) in [6, 6.07) is 13.8. The Bertz CT molecular complexity index is 661. The van der Waals surface area contributed by atoms with E-state index in [9.17, 15) is 4.79 Å². The summed E-state index contributed by atoms with van der Waals surface area (Å²) < 4.78 is 5.95. The summed E-state index contributed by atoms with van der Waals surface area (Å²) in [5.74, 6) is 0.155. The van der Waals surface area contributed by atoms with Crippen LogP contribution in [0.15, 0.2) is 42.5 Å². The van der Waals surface area contributed by atoms with Crippen LogP contribution in [0.4, 0.5) is 0 Å². The molecule has 1 aliphatic carbocycles. The third-order valence-corrected chi connectivity index (χ3v) is 3.84. The van der Waals surface area contributed by atoms with E-state index < -0.39 is 5.97 Å². The van der Waals surface area contributed by atoms with Crippen LogP contribution in [0.3, 0.4) is 0 Å². The predicted molar refractivity (Wildman–Crippen MR) is 80.6 cm³/mol. The highest BCUT2D eigenvalue weighted by atomic mass is 16.5. The quantitative estimate of drug-likeness (QED) is 0.914. The summed E-state index contributed by atoms with van der Waals surface area (Å²) in [7, 11) is 0. The van der Waals surface area contributed by atoms with Crippen LogP contribution in [-0.4, -0.2) is 11.1 Å². The molecule has 0 bridgehead atoms. The largest absolute Gasteiger partial charge is 0.489 e. The summed E-state index contributed by atoms with van der Waals surface area (Å²) in [5, 5.41) is 8.84. The van der Waals surface area contributed by atoms with Gasteiger partial charge in [-0.25, -0.2) is 0 Å². The van der Waals surface area contributed by atoms with Crippen molar-refractivity contribution >= 4 is 5.97 Å². The molecular formula is C18H18O3. The second-order valence-electron chi connectivity index (χ2n) is 5.43. The van der Waals surface area contributed by atoms with E-state index >= 15 is 0 Å². The van der Waals surface area contributed by atoms with Crippen molar-refractivity contribution in [1.82, 2.24) is 0 Å². The molecule has 21 heavy (non-hydrogen) atoms. The van der Waals surface area contributed by atoms with Gasteiger partial charge in [-0.05, 0) is 47.6 Å². The molecule has 1 aliphatic rings. The Labute approximate surface area is 124 Å². The second kappa shape index (κ2) is 6.00. The number of ether oxygens (including phenoxy) is 1. The summed E-state index contributed by atoms with van der Waals surface area (Å²) in [5.41, 5.74) is 4.54. The van der Waals surface area contributed by atoms with E-state index in [-0.39, 0.29) is 6.42 Å². The van der Waals surface area contributed by atoms with Crippen molar-refractivity contribution in [3.63, 3.8) is 0 Å². The van der Waals surface area contributed by atoms with Crippen LogP contribution in [0.2, 0.25) is 0 Å². The fourth-order valence-corrected chi connectivity index (χ4v) is 2.89. The van der Waals surface area contributed by atoms with Gasteiger partial charge >= 0.3 is 5.97 Å². The lowest BCUT2D eigenvalue weighted by Gasteiger charge is -2.11. The van der Waals surface area contributed by atoms with Crippen LogP contribution in [0, 0.1) is 0 Å². The molecule has 0 fully saturated rings. The van der Waals surface area contributed by atoms with E-state index in [4.69, 9.17) is 9.84 Å². The highest BCUT2D eigenvalue weighted by Crippen LogP contribution is 2.30. The maximum Gasteiger partial charge on any atom is 0.307 e. The molecule has 1 N–H and O–H groups in total. The zero-order valence-corrected chi connectivity index (χ0v) is 11.8. The van der Waals surface area contributed by atoms with Crippen molar-refractivity contribution < 1.29 is 14.6 Å². The minimum absolute atomic E-state index is 0.0502. The number of benzene rings is 2. The predicted octanol–water partition coefficient (Wildman–Crippen LogP) is 3.38. The van der Waals surface area contributed by atoms with Crippen LogP contribution in [0.25, 0.3) is 0 Å². The van der Waals surface area contributed by atoms with Gasteiger partial charge in [0.25, 0.3) is 0 Å². The summed E-state index contributed by atoms with van der Waals surface area (Å²) in [6.07, 6.45) is 3.48. The molecule has 0 amide bonds. The molecule has 108 valence electrons. The zero-order valence-electron chi connectivity index (χ0n) is 11.8. The average molecular weight is 282 g/mol. The smallest absolute Gasteiger partial charge is 0.307 e. The number of hydrogen-bond donors (Lipinski definition) is 1. The molecule has 0 saturated heterocycles. The fourth-order valence-electron chi connectivity index (χ4n) is 2.89. The van der Waals surface area contributed by atoms with Gasteiger partial charge in [0.05, 0.1) is 6.42 Å². The molecular weight excluding hydrogens is 264 g/mol. The monoisotopic (exact) mass is 282 g/mol. The van der Waals surface area contributed by atoms with Crippen molar-refractivity contribution in [3.05, 3.63) is 64.7 Å². The van der Waals surface area contributed by atoms with Crippen LogP contribution >= 0.6 is 0 Å². The van der Waals surface area contributed by atoms with Crippen molar-refractivity contribution in [2.45, 2.75) is 32.3 Å². The van der Waals surface area contributed by atoms with Gasteiger partial charge in [-0.15, -0.1) is 0 Å². The Morgan fingerprint density at radius 2 is 1.90 bits per heavy atom. The molecule has 0 aliphatic heterocycles. The number of hydrogen-bond acceptors (Lipinski definition) is 2. The Morgan fingerprint density at radius 3 is 2.76 bits per heavy atom. The molecule has 0 saturated carbocycles. The van der Waals surface area contributed by atoms with Crippen LogP contribution in [0.5, 0.6) is 5.75 Å². The lowest BCUT2D eigenvalue weighted by Crippen LogP contribution is -2.02. The zero-order chi connectivity index (χ0) is 14.7. The lowest BCUT2D eigenvalue weighted by atomic mass is 10.1. The second-order valence-corrected chi connectivity index (χ2v) is 5.43. The van der Waals surface area contributed by atoms with Gasteiger partial charge in [-0.1, -0.05) is 36.4 Å². The van der Waals surface area contributed by atoms with E-state index in [1.165, 1.54) is 17.5 Å². The molecule has 2 aromatic rings. The Kier molecular flexibility index (Phi) is 3.91. The van der Waals surface area contributed by atoms with Gasteiger partial charge in [0, 0.05) is 0 Å². The molecule has 3 nitrogen and oxygen atoms in total. The first-order valence-corrected chi connectivity index (χ1v) is 7.25. The minimum atomic E-state index is -0.811. The van der Waals surface area contributed by atoms with Crippen LogP contribution in [-0.2, 0) is 30.7 Å². The van der Waals surface area contributed by atoms with Crippen molar-refractivity contribution in [3.8, 4) is 5.75 Å². The average Bonchev–Trinajstić information content (AvgIpc) is 2.93. The maximum atomic E-state index is 10.8. The molecule has 0 radical (unpaired) electrons. The van der Waals surface area contributed by atoms with Crippen LogP contribution in [0.1, 0.15) is 28.7 Å². The summed E-state index contributed by atoms with van der Waals surface area (Å²) in [4.78, 5) is 10.8. The van der Waals surface area contributed by atoms with Crippen molar-refractivity contribution in [2.24, 2.45) is 0 Å². The number of carbonyl (C=O) groups is 1. The summed E-state index contributed by atoms with van der Waals surface area (Å²) in [6.45, 7) is 0.476. The molecule has 2 aromatic carbocycles. The van der Waals surface area contributed by atoms with E-state index in [0.717, 1.165) is 29.7 Å². The number of fused-ring (bicyclic) bond motifs is 1. The Balaban J connectivity index is 1.71. The van der Waals surface area contributed by atoms with Crippen LogP contribution < -0.4 is 4.74 Å². The molecule has 0 spiro atoms. The first kappa shape index (κ1) is 13.7. The molecule has 3 heteroatoms. The van der Waals surface area contributed by atoms with E-state index in [0.29, 0.717) is 6.61 Å². The van der Waals surface area contributed by atoms with Gasteiger partial charge in [0.2, 0.25) is 0 Å². The number of aryl methyl sites for hydroxylation is 1. The van der Waals surface area contributed by atoms with Gasteiger partial charge < -0.3 is 9.84 Å². The van der Waals surface area contributed by atoms with Gasteiger partial charge in [0.15, 0.2) is 0 Å². The number of aliphatic carboxylic acids is 1. The van der Waals surface area contributed by atoms with Crippen molar-refractivity contribution in [1.29, 1.82) is 0 Å². The Hall–Kier alpha value is -2.29. The normalized spacial score (nSPS) is 13.0. The topological polar surface area (TPSA) is 46.5 Å². The van der Waals surface area contributed by atoms with Gasteiger partial charge in [-0.3, -0.25) is 4.79 Å². The molecule has 0 aromatic heterocycles. The molecule has 0 unspecified atom stereocenters. The SMILES string of the molecule is O=C(O)Cc1cccc(COc2cccc3c2CCC3)c1. The van der Waals surface area contributed by atoms with E-state index in [1.54, 1.807) is 0 Å². The highest BCUT2D eigenvalue weighted by Gasteiger charge is 2.15. The number of carboxylic acid groups (broad SMARTS) is 1. The third kappa shape index (κ3) is 3.24. The third-order valence-electron chi connectivity index (χ3n) is 3.84. The number of rotatable bonds is 5.